The molecular formula is C21H29IN4S. The van der Waals surface area contributed by atoms with Gasteiger partial charge in [0.05, 0.1) is 0 Å². The summed E-state index contributed by atoms with van der Waals surface area (Å²) in [5.41, 5.74) is 3.94. The maximum atomic E-state index is 4.31. The van der Waals surface area contributed by atoms with Crippen LogP contribution >= 0.6 is 35.7 Å². The zero-order chi connectivity index (χ0) is 18.0. The molecule has 1 saturated heterocycles. The minimum atomic E-state index is 0. The van der Waals surface area contributed by atoms with Crippen LogP contribution in [-0.4, -0.2) is 44.1 Å². The van der Waals surface area contributed by atoms with Crippen LogP contribution in [0.3, 0.4) is 0 Å². The number of nitrogens with zero attached hydrogens (tertiary/aromatic N) is 2. The Morgan fingerprint density at radius 3 is 2.33 bits per heavy atom. The second-order valence-corrected chi connectivity index (χ2v) is 7.58. The highest BCUT2D eigenvalue weighted by Crippen LogP contribution is 2.19. The van der Waals surface area contributed by atoms with Gasteiger partial charge in [0.2, 0.25) is 0 Å². The van der Waals surface area contributed by atoms with E-state index in [1.54, 1.807) is 0 Å². The quantitative estimate of drug-likeness (QED) is 0.363. The van der Waals surface area contributed by atoms with Crippen LogP contribution in [0.2, 0.25) is 0 Å². The van der Waals surface area contributed by atoms with Gasteiger partial charge >= 0.3 is 0 Å². The molecule has 0 bridgehead atoms. The van der Waals surface area contributed by atoms with Crippen LogP contribution in [0.15, 0.2) is 59.6 Å². The van der Waals surface area contributed by atoms with Gasteiger partial charge in [-0.2, -0.15) is 11.8 Å². The molecule has 3 rings (SSSR count). The number of hydrogen-bond acceptors (Lipinski definition) is 3. The van der Waals surface area contributed by atoms with Gasteiger partial charge in [-0.1, -0.05) is 42.5 Å². The molecule has 2 aromatic rings. The van der Waals surface area contributed by atoms with Gasteiger partial charge in [-0.15, -0.1) is 24.0 Å². The minimum absolute atomic E-state index is 0. The highest BCUT2D eigenvalue weighted by Gasteiger charge is 2.10. The lowest BCUT2D eigenvalue weighted by atomic mass is 10.1. The summed E-state index contributed by atoms with van der Waals surface area (Å²) in [5.74, 6) is 3.31. The molecule has 1 aliphatic rings. The molecule has 1 fully saturated rings. The van der Waals surface area contributed by atoms with Crippen molar-refractivity contribution in [3.8, 4) is 0 Å². The largest absolute Gasteiger partial charge is 0.370 e. The number of hydrogen-bond donors (Lipinski definition) is 2. The summed E-state index contributed by atoms with van der Waals surface area (Å²) >= 11 is 2.04. The van der Waals surface area contributed by atoms with Gasteiger partial charge in [0.25, 0.3) is 0 Å². The average molecular weight is 496 g/mol. The second kappa shape index (κ2) is 12.1. The Labute approximate surface area is 184 Å². The Morgan fingerprint density at radius 1 is 0.963 bits per heavy atom. The summed E-state index contributed by atoms with van der Waals surface area (Å²) in [6.45, 7) is 3.96. The Balaban J connectivity index is 0.00000261. The molecule has 0 aromatic heterocycles. The lowest BCUT2D eigenvalue weighted by Crippen LogP contribution is -2.37. The maximum absolute atomic E-state index is 4.31. The van der Waals surface area contributed by atoms with Crippen LogP contribution in [0.1, 0.15) is 11.1 Å². The van der Waals surface area contributed by atoms with Crippen molar-refractivity contribution in [3.63, 3.8) is 0 Å². The third kappa shape index (κ3) is 7.25. The molecule has 0 radical (unpaired) electrons. The van der Waals surface area contributed by atoms with Crippen molar-refractivity contribution in [2.75, 3.05) is 43.1 Å². The molecule has 6 heteroatoms. The van der Waals surface area contributed by atoms with Crippen molar-refractivity contribution in [2.45, 2.75) is 13.0 Å². The fourth-order valence-electron chi connectivity index (χ4n) is 3.02. The summed E-state index contributed by atoms with van der Waals surface area (Å²) in [6, 6.07) is 19.4. The van der Waals surface area contributed by atoms with Gasteiger partial charge in [0.15, 0.2) is 5.96 Å². The number of thioether (sulfide) groups is 1. The molecular weight excluding hydrogens is 467 g/mol. The van der Waals surface area contributed by atoms with E-state index in [1.807, 2.05) is 24.9 Å². The summed E-state index contributed by atoms with van der Waals surface area (Å²) in [5, 5.41) is 6.77. The first-order valence-electron chi connectivity index (χ1n) is 9.25. The standard InChI is InChI=1S/C21H28N4S.HI/c1-22-21(23-12-11-18-5-3-2-4-6-18)24-17-19-7-9-20(10-8-19)25-13-15-26-16-14-25;/h2-10H,11-17H2,1H3,(H2,22,23,24);1H. The molecule has 146 valence electrons. The van der Waals surface area contributed by atoms with E-state index in [1.165, 1.54) is 28.3 Å². The molecule has 0 atom stereocenters. The molecule has 0 amide bonds. The van der Waals surface area contributed by atoms with E-state index in [2.05, 4.69) is 69.1 Å². The molecule has 2 N–H and O–H groups in total. The molecule has 0 spiro atoms. The van der Waals surface area contributed by atoms with Gasteiger partial charge in [0, 0.05) is 50.4 Å². The van der Waals surface area contributed by atoms with Crippen molar-refractivity contribution >= 4 is 47.4 Å². The summed E-state index contributed by atoms with van der Waals surface area (Å²) in [4.78, 5) is 6.78. The van der Waals surface area contributed by atoms with Crippen molar-refractivity contribution in [2.24, 2.45) is 4.99 Å². The number of nitrogens with one attached hydrogen (secondary N) is 2. The highest BCUT2D eigenvalue weighted by molar-refractivity contribution is 14.0. The smallest absolute Gasteiger partial charge is 0.191 e. The van der Waals surface area contributed by atoms with Crippen LogP contribution in [0.25, 0.3) is 0 Å². The van der Waals surface area contributed by atoms with Gasteiger partial charge in [-0.05, 0) is 29.7 Å². The zero-order valence-electron chi connectivity index (χ0n) is 15.9. The number of halogens is 1. The predicted octanol–water partition coefficient (Wildman–Crippen LogP) is 3.77. The molecule has 0 unspecified atom stereocenters. The second-order valence-electron chi connectivity index (χ2n) is 6.35. The summed E-state index contributed by atoms with van der Waals surface area (Å²) < 4.78 is 0. The molecule has 1 aliphatic heterocycles. The molecule has 27 heavy (non-hydrogen) atoms. The van der Waals surface area contributed by atoms with Crippen molar-refractivity contribution in [3.05, 3.63) is 65.7 Å². The lowest BCUT2D eigenvalue weighted by Gasteiger charge is -2.28. The van der Waals surface area contributed by atoms with E-state index in [-0.39, 0.29) is 24.0 Å². The third-order valence-electron chi connectivity index (χ3n) is 4.55. The van der Waals surface area contributed by atoms with Crippen LogP contribution in [0.5, 0.6) is 0 Å². The Kier molecular flexibility index (Phi) is 9.83. The predicted molar refractivity (Wildman–Crippen MR) is 130 cm³/mol. The van der Waals surface area contributed by atoms with E-state index in [0.717, 1.165) is 38.6 Å². The molecule has 4 nitrogen and oxygen atoms in total. The fraction of sp³-hybridized carbons (Fsp3) is 0.381. The summed E-state index contributed by atoms with van der Waals surface area (Å²) in [7, 11) is 1.81. The fourth-order valence-corrected chi connectivity index (χ4v) is 3.93. The van der Waals surface area contributed by atoms with Gasteiger partial charge in [-0.25, -0.2) is 0 Å². The molecule has 0 saturated carbocycles. The van der Waals surface area contributed by atoms with Crippen LogP contribution in [0, 0.1) is 0 Å². The topological polar surface area (TPSA) is 39.7 Å². The Bertz CT molecular complexity index is 685. The van der Waals surface area contributed by atoms with E-state index in [0.29, 0.717) is 0 Å². The number of rotatable bonds is 6. The molecule has 0 aliphatic carbocycles. The average Bonchev–Trinajstić information content (AvgIpc) is 2.72. The minimum Gasteiger partial charge on any atom is -0.370 e. The van der Waals surface area contributed by atoms with E-state index in [4.69, 9.17) is 0 Å². The molecule has 2 aromatic carbocycles. The monoisotopic (exact) mass is 496 g/mol. The number of guanidine groups is 1. The Morgan fingerprint density at radius 2 is 1.67 bits per heavy atom. The Hall–Kier alpha value is -1.41. The lowest BCUT2D eigenvalue weighted by molar-refractivity contribution is 0.794. The summed E-state index contributed by atoms with van der Waals surface area (Å²) in [6.07, 6.45) is 0.990. The van der Waals surface area contributed by atoms with Crippen LogP contribution in [-0.2, 0) is 13.0 Å². The van der Waals surface area contributed by atoms with Crippen molar-refractivity contribution in [1.29, 1.82) is 0 Å². The third-order valence-corrected chi connectivity index (χ3v) is 5.49. The first kappa shape index (κ1) is 21.9. The highest BCUT2D eigenvalue weighted by atomic mass is 127. The van der Waals surface area contributed by atoms with Gasteiger partial charge in [0.1, 0.15) is 0 Å². The van der Waals surface area contributed by atoms with E-state index >= 15 is 0 Å². The number of aliphatic imine (C=N–C) groups is 1. The van der Waals surface area contributed by atoms with Crippen LogP contribution in [0.4, 0.5) is 5.69 Å². The zero-order valence-corrected chi connectivity index (χ0v) is 19.0. The van der Waals surface area contributed by atoms with Crippen molar-refractivity contribution < 1.29 is 0 Å². The van der Waals surface area contributed by atoms with E-state index in [9.17, 15) is 0 Å². The van der Waals surface area contributed by atoms with E-state index < -0.39 is 0 Å². The van der Waals surface area contributed by atoms with Crippen LogP contribution < -0.4 is 15.5 Å². The number of benzene rings is 2. The maximum Gasteiger partial charge on any atom is 0.191 e. The molecule has 1 heterocycles. The van der Waals surface area contributed by atoms with Crippen molar-refractivity contribution in [1.82, 2.24) is 10.6 Å². The SMILES string of the molecule is CN=C(NCCc1ccccc1)NCc1ccc(N2CCSCC2)cc1.I. The normalized spacial score (nSPS) is 14.4. The van der Waals surface area contributed by atoms with Gasteiger partial charge in [-0.3, -0.25) is 4.99 Å². The van der Waals surface area contributed by atoms with Gasteiger partial charge < -0.3 is 15.5 Å². The first-order valence-corrected chi connectivity index (χ1v) is 10.4. The first-order chi connectivity index (χ1) is 12.8. The number of anilines is 1.